The highest BCUT2D eigenvalue weighted by Gasteiger charge is 2.39. The van der Waals surface area contributed by atoms with Crippen LogP contribution in [0.3, 0.4) is 0 Å². The fourth-order valence-electron chi connectivity index (χ4n) is 8.29. The number of piperidine rings is 1. The largest absolute Gasteiger partial charge is 0.356 e. The van der Waals surface area contributed by atoms with Gasteiger partial charge in [-0.15, -0.1) is 5.10 Å². The number of piperazine rings is 1. The number of nitrogens with one attached hydrogen (secondary N) is 5. The third-order valence-electron chi connectivity index (χ3n) is 12.3. The molecule has 5 aromatic rings. The second-order valence-electron chi connectivity index (χ2n) is 16.9. The van der Waals surface area contributed by atoms with Crippen molar-refractivity contribution in [2.75, 3.05) is 75.7 Å². The van der Waals surface area contributed by atoms with E-state index in [1.165, 1.54) is 6.07 Å². The van der Waals surface area contributed by atoms with E-state index < -0.39 is 5.54 Å². The number of nitrogens with two attached hydrogens (primary N) is 1. The molecule has 0 aliphatic carbocycles. The smallest absolute Gasteiger partial charge is 0.269 e. The molecule has 0 bridgehead atoms. The molecule has 0 spiro atoms. The highest BCUT2D eigenvalue weighted by atomic mass is 35.5. The number of nitrogens with zero attached hydrogens (tertiary/aromatic N) is 9. The van der Waals surface area contributed by atoms with E-state index in [1.807, 2.05) is 41.4 Å². The summed E-state index contributed by atoms with van der Waals surface area (Å²) in [6.45, 7) is 6.49. The number of hydrogen-bond donors (Lipinski definition) is 6. The number of anilines is 2. The minimum Gasteiger partial charge on any atom is -0.356 e. The number of halogens is 2. The van der Waals surface area contributed by atoms with Gasteiger partial charge in [0.25, 0.3) is 5.91 Å². The average Bonchev–Trinajstić information content (AvgIpc) is 4.04. The zero-order valence-electron chi connectivity index (χ0n) is 37.1. The number of benzene rings is 1. The summed E-state index contributed by atoms with van der Waals surface area (Å²) < 4.78 is 1.66. The van der Waals surface area contributed by atoms with Crippen LogP contribution in [0, 0.1) is 0 Å². The number of carbonyl (C=O) groups is 4. The molecule has 2 fully saturated rings. The summed E-state index contributed by atoms with van der Waals surface area (Å²) in [5, 5.41) is 21.1. The van der Waals surface area contributed by atoms with Gasteiger partial charge in [0.05, 0.1) is 41.9 Å². The Morgan fingerprint density at radius 1 is 0.864 bits per heavy atom. The van der Waals surface area contributed by atoms with E-state index in [4.69, 9.17) is 28.9 Å². The average molecular weight is 945 g/mol. The first-order valence-corrected chi connectivity index (χ1v) is 23.5. The molecule has 4 amide bonds. The number of pyridine rings is 1. The van der Waals surface area contributed by atoms with Gasteiger partial charge < -0.3 is 41.8 Å². The Morgan fingerprint density at radius 2 is 1.64 bits per heavy atom. The number of aromatic nitrogens is 7. The van der Waals surface area contributed by atoms with Crippen molar-refractivity contribution in [3.63, 3.8) is 0 Å². The summed E-state index contributed by atoms with van der Waals surface area (Å²) in [4.78, 5) is 74.5. The number of carbonyl (C=O) groups excluding carboxylic acids is 4. The molecular weight excluding hydrogens is 886 g/mol. The predicted molar refractivity (Wildman–Crippen MR) is 253 cm³/mol. The molecule has 7 rings (SSSR count). The Morgan fingerprint density at radius 3 is 2.39 bits per heavy atom. The first kappa shape index (κ1) is 48.2. The van der Waals surface area contributed by atoms with Gasteiger partial charge in [-0.1, -0.05) is 59.8 Å². The molecular formula is C45H59Cl2N15O4. The topological polar surface area (TPSA) is 237 Å². The first-order chi connectivity index (χ1) is 32.0. The van der Waals surface area contributed by atoms with Gasteiger partial charge in [-0.3, -0.25) is 28.8 Å². The van der Waals surface area contributed by atoms with Gasteiger partial charge >= 0.3 is 0 Å². The van der Waals surface area contributed by atoms with Crippen LogP contribution in [-0.4, -0.2) is 139 Å². The summed E-state index contributed by atoms with van der Waals surface area (Å²) >= 11 is 12.5. The third-order valence-corrected chi connectivity index (χ3v) is 12.8. The fourth-order valence-corrected chi connectivity index (χ4v) is 8.61. The van der Waals surface area contributed by atoms with E-state index in [9.17, 15) is 19.2 Å². The number of amides is 4. The van der Waals surface area contributed by atoms with Crippen LogP contribution in [0.2, 0.25) is 10.2 Å². The number of unbranched alkanes of at least 4 members (excludes halogenated alkanes) is 4. The maximum Gasteiger partial charge on any atom is 0.269 e. The van der Waals surface area contributed by atoms with Gasteiger partial charge in [0.15, 0.2) is 5.15 Å². The van der Waals surface area contributed by atoms with Gasteiger partial charge in [-0.25, -0.2) is 15.0 Å². The van der Waals surface area contributed by atoms with Crippen LogP contribution in [-0.2, 0) is 20.9 Å². The van der Waals surface area contributed by atoms with Crippen molar-refractivity contribution in [1.82, 2.24) is 60.7 Å². The fraction of sp³-hybridized carbons (Fsp3) is 0.489. The summed E-state index contributed by atoms with van der Waals surface area (Å²) in [6, 6.07) is 12.4. The maximum atomic E-state index is 13.9. The van der Waals surface area contributed by atoms with Crippen molar-refractivity contribution in [3.05, 3.63) is 88.8 Å². The zero-order chi connectivity index (χ0) is 46.3. The van der Waals surface area contributed by atoms with Gasteiger partial charge in [-0.05, 0) is 68.0 Å². The Kier molecular flexibility index (Phi) is 17.3. The number of fused-ring (bicyclic) bond motifs is 1. The summed E-state index contributed by atoms with van der Waals surface area (Å²) in [5.41, 5.74) is 8.05. The van der Waals surface area contributed by atoms with Crippen LogP contribution < -0.4 is 31.9 Å². The highest BCUT2D eigenvalue weighted by Crippen LogP contribution is 2.30. The lowest BCUT2D eigenvalue weighted by atomic mass is 9.87. The third kappa shape index (κ3) is 13.4. The van der Waals surface area contributed by atoms with Crippen LogP contribution in [0.25, 0.3) is 11.0 Å². The molecule has 2 saturated heterocycles. The Bertz CT molecular complexity index is 2370. The van der Waals surface area contributed by atoms with Crippen molar-refractivity contribution in [2.24, 2.45) is 5.73 Å². The zero-order valence-corrected chi connectivity index (χ0v) is 38.6. The molecule has 1 atom stereocenters. The van der Waals surface area contributed by atoms with Crippen molar-refractivity contribution in [2.45, 2.75) is 75.9 Å². The summed E-state index contributed by atoms with van der Waals surface area (Å²) in [6.07, 6.45) is 13.3. The molecule has 21 heteroatoms. The van der Waals surface area contributed by atoms with E-state index in [0.717, 1.165) is 74.2 Å². The predicted octanol–water partition coefficient (Wildman–Crippen LogP) is 3.94. The molecule has 352 valence electrons. The lowest BCUT2D eigenvalue weighted by Gasteiger charge is -2.39. The highest BCUT2D eigenvalue weighted by molar-refractivity contribution is 6.32. The van der Waals surface area contributed by atoms with Crippen LogP contribution in [0.1, 0.15) is 79.9 Å². The van der Waals surface area contributed by atoms with Crippen LogP contribution >= 0.6 is 23.2 Å². The van der Waals surface area contributed by atoms with Gasteiger partial charge in [0.2, 0.25) is 17.7 Å². The number of H-pyrrole nitrogens is 1. The van der Waals surface area contributed by atoms with Gasteiger partial charge in [-0.2, -0.15) is 0 Å². The number of aromatic amines is 1. The quantitative estimate of drug-likeness (QED) is 0.0427. The van der Waals surface area contributed by atoms with Crippen LogP contribution in [0.5, 0.6) is 0 Å². The molecule has 4 aromatic heterocycles. The summed E-state index contributed by atoms with van der Waals surface area (Å²) in [5.74, 6) is 0.232. The van der Waals surface area contributed by atoms with E-state index in [2.05, 4.69) is 61.3 Å². The maximum absolute atomic E-state index is 13.9. The Hall–Kier alpha value is -5.73. The Labute approximate surface area is 393 Å². The van der Waals surface area contributed by atoms with Crippen molar-refractivity contribution in [3.8, 4) is 0 Å². The van der Waals surface area contributed by atoms with Crippen LogP contribution in [0.4, 0.5) is 11.5 Å². The molecule has 1 aromatic carbocycles. The van der Waals surface area contributed by atoms with Crippen LogP contribution in [0.15, 0.2) is 67.4 Å². The monoisotopic (exact) mass is 943 g/mol. The molecule has 2 aliphatic heterocycles. The van der Waals surface area contributed by atoms with E-state index in [0.29, 0.717) is 82.2 Å². The molecule has 7 N–H and O–H groups in total. The first-order valence-electron chi connectivity index (χ1n) is 22.7. The molecule has 0 saturated carbocycles. The molecule has 0 radical (unpaired) electrons. The van der Waals surface area contributed by atoms with E-state index in [-0.39, 0.29) is 47.1 Å². The van der Waals surface area contributed by atoms with E-state index >= 15 is 0 Å². The Balaban J connectivity index is 0.750. The van der Waals surface area contributed by atoms with Crippen molar-refractivity contribution < 1.29 is 19.2 Å². The van der Waals surface area contributed by atoms with Gasteiger partial charge in [0, 0.05) is 82.7 Å². The van der Waals surface area contributed by atoms with E-state index in [1.54, 1.807) is 29.5 Å². The van der Waals surface area contributed by atoms with Gasteiger partial charge in [0.1, 0.15) is 23.5 Å². The standard InChI is InChI=1S/C45H59Cl2N15O4/c46-33-9-7-32(8-10-33)35(57-44(66)45(48)15-22-61(23-16-45)42-34-13-18-50-41(34)52-31-53-42)14-21-59-26-28-60(29-27-59)39(64)6-4-2-1-3-5-17-51-43(65)37-12-11-36(40(47)56-37)55-38(63)30-49-19-24-62-25-20-54-58-62/h7-13,18,20,25,31,35,49H,1-6,14-17,19,21-24,26-30,48H2,(H,51,65)(H,55,63)(H,57,66)(H,50,52,53)/t35-/m0/s1. The SMILES string of the molecule is NC1(C(=O)N[C@@H](CCN2CCN(C(=O)CCCCCCCNC(=O)c3ccc(NC(=O)CNCCn4ccnn4)c(Cl)n3)CC2)c2ccc(Cl)cc2)CCN(c2ncnc3[nH]ccc23)CC1. The molecule has 6 heterocycles. The molecule has 2 aliphatic rings. The minimum absolute atomic E-state index is 0.0317. The second kappa shape index (κ2) is 23.6. The lowest BCUT2D eigenvalue weighted by Crippen LogP contribution is -2.60. The lowest BCUT2D eigenvalue weighted by molar-refractivity contribution is -0.133. The van der Waals surface area contributed by atoms with Crippen molar-refractivity contribution >= 4 is 69.4 Å². The normalized spacial score (nSPS) is 15.7. The molecule has 66 heavy (non-hydrogen) atoms. The number of hydrogen-bond acceptors (Lipinski definition) is 13. The molecule has 19 nitrogen and oxygen atoms in total. The minimum atomic E-state index is -1.01. The number of rotatable bonds is 22. The van der Waals surface area contributed by atoms with Crippen molar-refractivity contribution in [1.29, 1.82) is 0 Å². The summed E-state index contributed by atoms with van der Waals surface area (Å²) in [7, 11) is 0. The molecule has 0 unspecified atom stereocenters. The second-order valence-corrected chi connectivity index (χ2v) is 17.7.